The van der Waals surface area contributed by atoms with Crippen molar-refractivity contribution in [3.63, 3.8) is 0 Å². The number of hydrogen-bond donors (Lipinski definition) is 0. The van der Waals surface area contributed by atoms with Crippen LogP contribution in [0.1, 0.15) is 12.8 Å². The van der Waals surface area contributed by atoms with Crippen LogP contribution < -0.4 is 9.64 Å². The quantitative estimate of drug-likeness (QED) is 0.209. The number of halogens is 3. The van der Waals surface area contributed by atoms with E-state index in [4.69, 9.17) is 21.1 Å². The molecule has 4 aromatic rings. The van der Waals surface area contributed by atoms with Crippen LogP contribution in [0.25, 0.3) is 32.9 Å². The molecule has 13 heteroatoms. The molecule has 44 heavy (non-hydrogen) atoms. The van der Waals surface area contributed by atoms with Gasteiger partial charge >= 0.3 is 6.01 Å². The molecule has 10 nitrogen and oxygen atoms in total. The maximum Gasteiger partial charge on any atom is 0.319 e. The molecule has 0 spiro atoms. The molecular weight excluding hydrogens is 592 g/mol. The summed E-state index contributed by atoms with van der Waals surface area (Å²) in [4.78, 5) is 35.8. The van der Waals surface area contributed by atoms with Gasteiger partial charge in [0.2, 0.25) is 0 Å². The lowest BCUT2D eigenvalue weighted by Gasteiger charge is -2.35. The predicted molar refractivity (Wildman–Crippen MR) is 162 cm³/mol. The Balaban J connectivity index is 1.21. The van der Waals surface area contributed by atoms with Crippen molar-refractivity contribution in [2.75, 3.05) is 57.4 Å². The highest BCUT2D eigenvalue weighted by atomic mass is 35.5. The van der Waals surface area contributed by atoms with Crippen LogP contribution in [0, 0.1) is 5.82 Å². The largest absolute Gasteiger partial charge is 0.463 e. The zero-order valence-corrected chi connectivity index (χ0v) is 24.6. The molecule has 3 saturated heterocycles. The molecule has 0 radical (unpaired) electrons. The van der Waals surface area contributed by atoms with E-state index in [-0.39, 0.29) is 30.3 Å². The average Bonchev–Trinajstić information content (AvgIpc) is 3.67. The van der Waals surface area contributed by atoms with Crippen LogP contribution in [0.5, 0.6) is 6.01 Å². The minimum atomic E-state index is -1.00. The third-order valence-electron chi connectivity index (χ3n) is 8.56. The van der Waals surface area contributed by atoms with E-state index in [1.807, 2.05) is 17.0 Å². The van der Waals surface area contributed by atoms with Gasteiger partial charge in [0.15, 0.2) is 11.6 Å². The molecule has 7 rings (SSSR count). The van der Waals surface area contributed by atoms with E-state index < -0.39 is 17.6 Å². The Kier molecular flexibility index (Phi) is 7.73. The summed E-state index contributed by atoms with van der Waals surface area (Å²) in [6.45, 7) is 7.22. The van der Waals surface area contributed by atoms with E-state index in [0.29, 0.717) is 59.0 Å². The molecule has 1 amide bonds. The maximum absolute atomic E-state index is 16.5. The molecule has 3 aromatic heterocycles. The van der Waals surface area contributed by atoms with Gasteiger partial charge in [-0.1, -0.05) is 30.3 Å². The van der Waals surface area contributed by atoms with Crippen LogP contribution in [-0.4, -0.2) is 100 Å². The summed E-state index contributed by atoms with van der Waals surface area (Å²) in [5.41, 5.74) is 0.545. The lowest BCUT2D eigenvalue weighted by Crippen LogP contribution is -2.49. The number of carbonyl (C=O) groups excluding carboxylic acids is 1. The van der Waals surface area contributed by atoms with Crippen LogP contribution >= 0.6 is 11.6 Å². The summed E-state index contributed by atoms with van der Waals surface area (Å²) >= 11 is 6.53. The number of ether oxygens (including phenoxy) is 2. The highest BCUT2D eigenvalue weighted by molar-refractivity contribution is 6.36. The van der Waals surface area contributed by atoms with E-state index in [1.54, 1.807) is 12.3 Å². The van der Waals surface area contributed by atoms with E-state index in [2.05, 4.69) is 31.4 Å². The van der Waals surface area contributed by atoms with E-state index in [9.17, 15) is 9.18 Å². The SMILES string of the molecule is C=C(F)C(=O)N1CCN(c2nc(OCCCN3C[C@@H]4C[C@H]3CO4)nc3c(F)c(-c4cncc5cccc(Cl)c45)ncc23)CC1. The number of piperazine rings is 1. The zero-order valence-electron chi connectivity index (χ0n) is 23.9. The summed E-state index contributed by atoms with van der Waals surface area (Å²) in [6, 6.07) is 5.90. The molecule has 3 aliphatic heterocycles. The zero-order chi connectivity index (χ0) is 30.4. The van der Waals surface area contributed by atoms with E-state index in [0.717, 1.165) is 37.9 Å². The Morgan fingerprint density at radius 1 is 1.16 bits per heavy atom. The van der Waals surface area contributed by atoms with Gasteiger partial charge in [-0.25, -0.2) is 8.78 Å². The second kappa shape index (κ2) is 11.8. The van der Waals surface area contributed by atoms with Crippen LogP contribution in [-0.2, 0) is 9.53 Å². The molecule has 228 valence electrons. The topological polar surface area (TPSA) is 96.8 Å². The molecule has 0 saturated carbocycles. The number of amides is 1. The lowest BCUT2D eigenvalue weighted by atomic mass is 10.0. The highest BCUT2D eigenvalue weighted by Gasteiger charge is 2.38. The first kappa shape index (κ1) is 28.8. The number of pyridine rings is 2. The number of carbonyl (C=O) groups is 1. The van der Waals surface area contributed by atoms with Crippen LogP contribution in [0.15, 0.2) is 49.2 Å². The molecular formula is C31H30ClF2N7O3. The predicted octanol–water partition coefficient (Wildman–Crippen LogP) is 4.41. The van der Waals surface area contributed by atoms with Crippen molar-refractivity contribution in [3.05, 3.63) is 60.0 Å². The Bertz CT molecular complexity index is 1760. The number of morpholine rings is 1. The van der Waals surface area contributed by atoms with Gasteiger partial charge in [-0.2, -0.15) is 9.97 Å². The fourth-order valence-corrected chi connectivity index (χ4v) is 6.64. The van der Waals surface area contributed by atoms with Crippen molar-refractivity contribution in [2.45, 2.75) is 25.0 Å². The van der Waals surface area contributed by atoms with Gasteiger partial charge in [-0.15, -0.1) is 0 Å². The molecule has 2 bridgehead atoms. The third kappa shape index (κ3) is 5.31. The highest BCUT2D eigenvalue weighted by Crippen LogP contribution is 2.37. The molecule has 0 unspecified atom stereocenters. The van der Waals surface area contributed by atoms with Crippen LogP contribution in [0.3, 0.4) is 0 Å². The minimum absolute atomic E-state index is 0.0412. The molecule has 3 fully saturated rings. The smallest absolute Gasteiger partial charge is 0.319 e. The van der Waals surface area contributed by atoms with Gasteiger partial charge in [-0.05, 0) is 18.9 Å². The fraction of sp³-hybridized carbons (Fsp3) is 0.387. The maximum atomic E-state index is 16.5. The van der Waals surface area contributed by atoms with Crippen molar-refractivity contribution in [3.8, 4) is 17.3 Å². The lowest BCUT2D eigenvalue weighted by molar-refractivity contribution is -0.128. The van der Waals surface area contributed by atoms with Gasteiger partial charge in [0.05, 0.1) is 24.7 Å². The fourth-order valence-electron chi connectivity index (χ4n) is 6.36. The van der Waals surface area contributed by atoms with Gasteiger partial charge < -0.3 is 19.3 Å². The number of hydrogen-bond acceptors (Lipinski definition) is 9. The van der Waals surface area contributed by atoms with Gasteiger partial charge in [0, 0.05) is 85.3 Å². The second-order valence-electron chi connectivity index (χ2n) is 11.3. The first-order chi connectivity index (χ1) is 21.4. The van der Waals surface area contributed by atoms with Gasteiger partial charge in [0.25, 0.3) is 5.91 Å². The average molecular weight is 622 g/mol. The summed E-state index contributed by atoms with van der Waals surface area (Å²) in [7, 11) is 0. The van der Waals surface area contributed by atoms with Gasteiger partial charge in [0.1, 0.15) is 17.0 Å². The standard InChI is InChI=1S/C31H30ClF2N7O3/c1-18(33)30(42)40-9-7-39(8-10-40)29-23-15-36-27(22-14-35-13-19-4-2-5-24(32)25(19)22)26(34)28(23)37-31(38-29)43-11-3-6-41-16-21-12-20(41)17-44-21/h2,4-5,13-15,20-21H,1,3,6-12,16-17H2/t20-,21-/m0/s1. The number of anilines is 1. The number of benzene rings is 1. The number of rotatable bonds is 8. The third-order valence-corrected chi connectivity index (χ3v) is 8.88. The molecule has 3 aliphatic rings. The van der Waals surface area contributed by atoms with Crippen molar-refractivity contribution in [1.82, 2.24) is 29.7 Å². The Hall–Kier alpha value is -4.00. The first-order valence-electron chi connectivity index (χ1n) is 14.6. The van der Waals surface area contributed by atoms with Gasteiger partial charge in [-0.3, -0.25) is 19.7 Å². The molecule has 1 aromatic carbocycles. The number of likely N-dealkylation sites (tertiary alicyclic amines) is 1. The minimum Gasteiger partial charge on any atom is -0.463 e. The van der Waals surface area contributed by atoms with Crippen molar-refractivity contribution >= 4 is 45.0 Å². The molecule has 2 atom stereocenters. The van der Waals surface area contributed by atoms with Crippen molar-refractivity contribution < 1.29 is 23.0 Å². The first-order valence-corrected chi connectivity index (χ1v) is 15.0. The molecule has 6 heterocycles. The summed E-state index contributed by atoms with van der Waals surface area (Å²) < 4.78 is 41.6. The normalized spacial score (nSPS) is 20.2. The summed E-state index contributed by atoms with van der Waals surface area (Å²) in [5, 5.41) is 2.23. The number of aromatic nitrogens is 4. The van der Waals surface area contributed by atoms with E-state index >= 15 is 4.39 Å². The van der Waals surface area contributed by atoms with Crippen LogP contribution in [0.4, 0.5) is 14.6 Å². The Morgan fingerprint density at radius 2 is 2.00 bits per heavy atom. The molecule has 0 aliphatic carbocycles. The second-order valence-corrected chi connectivity index (χ2v) is 11.7. The summed E-state index contributed by atoms with van der Waals surface area (Å²) in [6.07, 6.45) is 6.88. The van der Waals surface area contributed by atoms with Crippen molar-refractivity contribution in [1.29, 1.82) is 0 Å². The van der Waals surface area contributed by atoms with Crippen molar-refractivity contribution in [2.24, 2.45) is 0 Å². The Morgan fingerprint density at radius 3 is 2.75 bits per heavy atom. The Labute approximate surface area is 257 Å². The molecule has 0 N–H and O–H groups in total. The summed E-state index contributed by atoms with van der Waals surface area (Å²) in [5.74, 6) is -1.96. The van der Waals surface area contributed by atoms with E-state index in [1.165, 1.54) is 17.3 Å². The number of nitrogens with zero attached hydrogens (tertiary/aromatic N) is 7. The van der Waals surface area contributed by atoms with Crippen LogP contribution in [0.2, 0.25) is 5.02 Å². The number of fused-ring (bicyclic) bond motifs is 4. The monoisotopic (exact) mass is 621 g/mol.